The number of aldehydes is 1. The monoisotopic (exact) mass is 294 g/mol. The van der Waals surface area contributed by atoms with Crippen molar-refractivity contribution in [3.8, 4) is 0 Å². The lowest BCUT2D eigenvalue weighted by Gasteiger charge is -2.12. The van der Waals surface area contributed by atoms with E-state index in [1.165, 1.54) is 6.07 Å². The lowest BCUT2D eigenvalue weighted by molar-refractivity contribution is -0.149. The summed E-state index contributed by atoms with van der Waals surface area (Å²) in [5, 5.41) is 0. The lowest BCUT2D eigenvalue weighted by Crippen LogP contribution is -2.27. The van der Waals surface area contributed by atoms with E-state index in [0.29, 0.717) is 18.4 Å². The first-order valence-corrected chi connectivity index (χ1v) is 6.94. The maximum absolute atomic E-state index is 12.0. The predicted molar refractivity (Wildman–Crippen MR) is 79.1 cm³/mol. The molecule has 1 unspecified atom stereocenters. The van der Waals surface area contributed by atoms with Crippen LogP contribution in [0.15, 0.2) is 23.1 Å². The van der Waals surface area contributed by atoms with Gasteiger partial charge in [0.25, 0.3) is 5.56 Å². The maximum atomic E-state index is 12.0. The Hall–Kier alpha value is -1.95. The molecule has 6 heteroatoms. The molecule has 1 atom stereocenters. The minimum absolute atomic E-state index is 0.136. The SMILES string of the molecule is CCOC(=O)C(C=O)Cc1ccn(CCN(C)C)c(=O)c1. The van der Waals surface area contributed by atoms with Crippen molar-refractivity contribution in [1.82, 2.24) is 9.47 Å². The third-order valence-corrected chi connectivity index (χ3v) is 3.06. The molecule has 0 saturated heterocycles. The van der Waals surface area contributed by atoms with Crippen LogP contribution >= 0.6 is 0 Å². The summed E-state index contributed by atoms with van der Waals surface area (Å²) in [6.45, 7) is 3.28. The highest BCUT2D eigenvalue weighted by molar-refractivity contribution is 5.88. The number of carbonyl (C=O) groups is 2. The van der Waals surface area contributed by atoms with Crippen molar-refractivity contribution < 1.29 is 14.3 Å². The van der Waals surface area contributed by atoms with E-state index in [2.05, 4.69) is 0 Å². The van der Waals surface area contributed by atoms with Crippen LogP contribution < -0.4 is 5.56 Å². The fourth-order valence-electron chi connectivity index (χ4n) is 1.86. The van der Waals surface area contributed by atoms with Crippen molar-refractivity contribution in [3.05, 3.63) is 34.2 Å². The van der Waals surface area contributed by atoms with E-state index in [1.54, 1.807) is 23.8 Å². The standard InChI is InChI=1S/C15H22N2O4/c1-4-21-15(20)13(11-18)9-12-5-6-17(14(19)10-12)8-7-16(2)3/h5-6,10-11,13H,4,7-9H2,1-3H3. The van der Waals surface area contributed by atoms with E-state index in [4.69, 9.17) is 4.74 Å². The minimum Gasteiger partial charge on any atom is -0.465 e. The lowest BCUT2D eigenvalue weighted by atomic mass is 10.0. The number of likely N-dealkylation sites (N-methyl/N-ethyl adjacent to an activating group) is 1. The highest BCUT2D eigenvalue weighted by atomic mass is 16.5. The van der Waals surface area contributed by atoms with Crippen LogP contribution in [0.5, 0.6) is 0 Å². The third-order valence-electron chi connectivity index (χ3n) is 3.06. The Labute approximate surface area is 124 Å². The van der Waals surface area contributed by atoms with Gasteiger partial charge in [0.1, 0.15) is 12.2 Å². The molecule has 0 aliphatic carbocycles. The smallest absolute Gasteiger partial charge is 0.316 e. The van der Waals surface area contributed by atoms with Gasteiger partial charge in [-0.25, -0.2) is 0 Å². The molecule has 0 fully saturated rings. The molecule has 1 aromatic rings. The van der Waals surface area contributed by atoms with Crippen molar-refractivity contribution in [2.24, 2.45) is 5.92 Å². The minimum atomic E-state index is -0.859. The molecular weight excluding hydrogens is 272 g/mol. The fourth-order valence-corrected chi connectivity index (χ4v) is 1.86. The summed E-state index contributed by atoms with van der Waals surface area (Å²) >= 11 is 0. The van der Waals surface area contributed by atoms with Crippen LogP contribution in [-0.2, 0) is 27.3 Å². The highest BCUT2D eigenvalue weighted by Gasteiger charge is 2.19. The number of esters is 1. The highest BCUT2D eigenvalue weighted by Crippen LogP contribution is 2.07. The Morgan fingerprint density at radius 2 is 2.19 bits per heavy atom. The molecule has 1 aromatic heterocycles. The van der Waals surface area contributed by atoms with Gasteiger partial charge < -0.3 is 19.0 Å². The van der Waals surface area contributed by atoms with Crippen LogP contribution in [-0.4, -0.2) is 49.0 Å². The van der Waals surface area contributed by atoms with Gasteiger partial charge in [0.05, 0.1) is 6.61 Å². The first-order chi connectivity index (χ1) is 9.97. The number of ether oxygens (including phenoxy) is 1. The zero-order valence-electron chi connectivity index (χ0n) is 12.7. The molecule has 1 heterocycles. The van der Waals surface area contributed by atoms with Gasteiger partial charge in [-0.2, -0.15) is 0 Å². The topological polar surface area (TPSA) is 68.6 Å². The molecule has 0 amide bonds. The molecule has 0 radical (unpaired) electrons. The molecule has 0 N–H and O–H groups in total. The summed E-state index contributed by atoms with van der Waals surface area (Å²) in [5.41, 5.74) is 0.522. The van der Waals surface area contributed by atoms with Crippen molar-refractivity contribution in [2.45, 2.75) is 19.9 Å². The number of carbonyl (C=O) groups excluding carboxylic acids is 2. The zero-order chi connectivity index (χ0) is 15.8. The Kier molecular flexibility index (Phi) is 6.81. The van der Waals surface area contributed by atoms with Crippen LogP contribution in [0.2, 0.25) is 0 Å². The number of nitrogens with zero attached hydrogens (tertiary/aromatic N) is 2. The summed E-state index contributed by atoms with van der Waals surface area (Å²) in [6.07, 6.45) is 2.44. The van der Waals surface area contributed by atoms with E-state index >= 15 is 0 Å². The summed E-state index contributed by atoms with van der Waals surface area (Å²) < 4.78 is 6.43. The molecule has 21 heavy (non-hydrogen) atoms. The van der Waals surface area contributed by atoms with Crippen LogP contribution in [0, 0.1) is 5.92 Å². The van der Waals surface area contributed by atoms with Gasteiger partial charge >= 0.3 is 5.97 Å². The van der Waals surface area contributed by atoms with Gasteiger partial charge in [0.15, 0.2) is 0 Å². The van der Waals surface area contributed by atoms with Crippen LogP contribution in [0.4, 0.5) is 0 Å². The quantitative estimate of drug-likeness (QED) is 0.393. The Morgan fingerprint density at radius 3 is 2.71 bits per heavy atom. The molecule has 0 aliphatic rings. The predicted octanol–water partition coefficient (Wildman–Crippen LogP) is 0.331. The molecule has 0 aromatic carbocycles. The van der Waals surface area contributed by atoms with E-state index in [9.17, 15) is 14.4 Å². The van der Waals surface area contributed by atoms with Gasteiger partial charge in [0.2, 0.25) is 0 Å². The zero-order valence-corrected chi connectivity index (χ0v) is 12.7. The normalized spacial score (nSPS) is 12.2. The fraction of sp³-hybridized carbons (Fsp3) is 0.533. The molecule has 116 valence electrons. The van der Waals surface area contributed by atoms with Gasteiger partial charge in [-0.3, -0.25) is 9.59 Å². The Morgan fingerprint density at radius 1 is 1.48 bits per heavy atom. The Bertz CT molecular complexity index is 537. The third kappa shape index (κ3) is 5.51. The number of hydrogen-bond donors (Lipinski definition) is 0. The van der Waals surface area contributed by atoms with Crippen LogP contribution in [0.3, 0.4) is 0 Å². The van der Waals surface area contributed by atoms with E-state index < -0.39 is 11.9 Å². The maximum Gasteiger partial charge on any atom is 0.316 e. The summed E-state index contributed by atoms with van der Waals surface area (Å²) in [6, 6.07) is 3.22. The number of aromatic nitrogens is 1. The van der Waals surface area contributed by atoms with Gasteiger partial charge in [-0.15, -0.1) is 0 Å². The summed E-state index contributed by atoms with van der Waals surface area (Å²) in [5.74, 6) is -1.41. The summed E-state index contributed by atoms with van der Waals surface area (Å²) in [7, 11) is 3.88. The first-order valence-electron chi connectivity index (χ1n) is 6.94. The largest absolute Gasteiger partial charge is 0.465 e. The molecule has 0 bridgehead atoms. The van der Waals surface area contributed by atoms with Crippen molar-refractivity contribution >= 4 is 12.3 Å². The van der Waals surface area contributed by atoms with Crippen molar-refractivity contribution in [1.29, 1.82) is 0 Å². The van der Waals surface area contributed by atoms with Gasteiger partial charge in [-0.05, 0) is 39.1 Å². The molecular formula is C15H22N2O4. The van der Waals surface area contributed by atoms with Crippen molar-refractivity contribution in [3.63, 3.8) is 0 Å². The average Bonchev–Trinajstić information content (AvgIpc) is 2.43. The molecule has 6 nitrogen and oxygen atoms in total. The molecule has 1 rings (SSSR count). The number of hydrogen-bond acceptors (Lipinski definition) is 5. The van der Waals surface area contributed by atoms with Gasteiger partial charge in [-0.1, -0.05) is 0 Å². The number of rotatable bonds is 8. The Balaban J connectivity index is 2.76. The second-order valence-electron chi connectivity index (χ2n) is 5.07. The molecule has 0 saturated carbocycles. The van der Waals surface area contributed by atoms with Crippen LogP contribution in [0.25, 0.3) is 0 Å². The van der Waals surface area contributed by atoms with E-state index in [0.717, 1.165) is 6.54 Å². The summed E-state index contributed by atoms with van der Waals surface area (Å²) in [4.78, 5) is 36.5. The number of pyridine rings is 1. The second kappa shape index (κ2) is 8.36. The van der Waals surface area contributed by atoms with Crippen molar-refractivity contribution in [2.75, 3.05) is 27.2 Å². The first kappa shape index (κ1) is 17.1. The van der Waals surface area contributed by atoms with Gasteiger partial charge in [0, 0.05) is 25.4 Å². The van der Waals surface area contributed by atoms with E-state index in [1.807, 2.05) is 19.0 Å². The van der Waals surface area contributed by atoms with E-state index in [-0.39, 0.29) is 18.6 Å². The second-order valence-corrected chi connectivity index (χ2v) is 5.07. The molecule has 0 aliphatic heterocycles. The van der Waals surface area contributed by atoms with Crippen LogP contribution in [0.1, 0.15) is 12.5 Å². The average molecular weight is 294 g/mol. The molecule has 0 spiro atoms.